The first-order chi connectivity index (χ1) is 7.55. The summed E-state index contributed by atoms with van der Waals surface area (Å²) in [6.07, 6.45) is 3.59. The lowest BCUT2D eigenvalue weighted by Gasteiger charge is -2.22. The fourth-order valence-electron chi connectivity index (χ4n) is 1.99. The Balaban J connectivity index is 1.86. The highest BCUT2D eigenvalue weighted by molar-refractivity contribution is 7.91. The van der Waals surface area contributed by atoms with E-state index in [1.165, 1.54) is 0 Å². The quantitative estimate of drug-likeness (QED) is 0.817. The molecule has 0 spiro atoms. The summed E-state index contributed by atoms with van der Waals surface area (Å²) in [5.74, 6) is 0.606. The van der Waals surface area contributed by atoms with Gasteiger partial charge in [-0.2, -0.15) is 5.10 Å². The number of nitrogens with zero attached hydrogens (tertiary/aromatic N) is 2. The van der Waals surface area contributed by atoms with Crippen LogP contribution in [0.25, 0.3) is 0 Å². The summed E-state index contributed by atoms with van der Waals surface area (Å²) in [4.78, 5) is 0. The van der Waals surface area contributed by atoms with Crippen molar-refractivity contribution in [1.29, 1.82) is 0 Å². The topological polar surface area (TPSA) is 64.0 Å². The zero-order valence-electron chi connectivity index (χ0n) is 9.39. The van der Waals surface area contributed by atoms with E-state index in [0.29, 0.717) is 12.3 Å². The van der Waals surface area contributed by atoms with Crippen LogP contribution in [0, 0.1) is 0 Å². The minimum absolute atomic E-state index is 0.0840. The molecule has 0 aliphatic carbocycles. The van der Waals surface area contributed by atoms with E-state index in [-0.39, 0.29) is 11.8 Å². The summed E-state index contributed by atoms with van der Waals surface area (Å²) >= 11 is 0. The molecule has 2 heterocycles. The Morgan fingerprint density at radius 3 is 3.06 bits per heavy atom. The molecule has 1 aromatic heterocycles. The predicted molar refractivity (Wildman–Crippen MR) is 61.7 cm³/mol. The molecular weight excluding hydrogens is 226 g/mol. The SMILES string of the molecule is Cn1ccc(CNC2CCCS(=O)(=O)C2)n1. The third-order valence-electron chi connectivity index (χ3n) is 2.80. The van der Waals surface area contributed by atoms with Crippen molar-refractivity contribution >= 4 is 9.84 Å². The van der Waals surface area contributed by atoms with Crippen molar-refractivity contribution in [3.8, 4) is 0 Å². The predicted octanol–water partition coefficient (Wildman–Crippen LogP) is 0.0869. The van der Waals surface area contributed by atoms with Gasteiger partial charge in [0.15, 0.2) is 9.84 Å². The largest absolute Gasteiger partial charge is 0.307 e. The fraction of sp³-hybridized carbons (Fsp3) is 0.700. The third-order valence-corrected chi connectivity index (χ3v) is 4.62. The standard InChI is InChI=1S/C10H17N3O2S/c1-13-5-4-9(12-13)7-11-10-3-2-6-16(14,15)8-10/h4-5,10-11H,2-3,6-8H2,1H3. The van der Waals surface area contributed by atoms with E-state index in [1.54, 1.807) is 4.68 Å². The Morgan fingerprint density at radius 1 is 1.62 bits per heavy atom. The van der Waals surface area contributed by atoms with Gasteiger partial charge in [0.1, 0.15) is 0 Å². The molecule has 90 valence electrons. The van der Waals surface area contributed by atoms with Gasteiger partial charge in [-0.05, 0) is 18.9 Å². The summed E-state index contributed by atoms with van der Waals surface area (Å²) in [6.45, 7) is 0.640. The van der Waals surface area contributed by atoms with Crippen molar-refractivity contribution in [2.45, 2.75) is 25.4 Å². The van der Waals surface area contributed by atoms with Crippen LogP contribution in [0.15, 0.2) is 12.3 Å². The van der Waals surface area contributed by atoms with Crippen molar-refractivity contribution in [3.05, 3.63) is 18.0 Å². The maximum atomic E-state index is 11.4. The van der Waals surface area contributed by atoms with Crippen LogP contribution in [-0.4, -0.2) is 35.7 Å². The molecule has 1 atom stereocenters. The van der Waals surface area contributed by atoms with E-state index in [0.717, 1.165) is 18.5 Å². The van der Waals surface area contributed by atoms with Gasteiger partial charge in [-0.1, -0.05) is 0 Å². The molecule has 0 aromatic carbocycles. The zero-order valence-corrected chi connectivity index (χ0v) is 10.2. The maximum Gasteiger partial charge on any atom is 0.151 e. The van der Waals surface area contributed by atoms with Gasteiger partial charge in [0.25, 0.3) is 0 Å². The first kappa shape index (κ1) is 11.6. The molecule has 1 aliphatic heterocycles. The van der Waals surface area contributed by atoms with E-state index in [2.05, 4.69) is 10.4 Å². The lowest BCUT2D eigenvalue weighted by Crippen LogP contribution is -2.39. The average Bonchev–Trinajstić information content (AvgIpc) is 2.60. The monoisotopic (exact) mass is 243 g/mol. The molecule has 0 saturated carbocycles. The average molecular weight is 243 g/mol. The minimum atomic E-state index is -2.82. The summed E-state index contributed by atoms with van der Waals surface area (Å²) in [7, 11) is -0.950. The second-order valence-electron chi connectivity index (χ2n) is 4.32. The number of rotatable bonds is 3. The van der Waals surface area contributed by atoms with Crippen LogP contribution in [-0.2, 0) is 23.4 Å². The second kappa shape index (κ2) is 4.55. The highest BCUT2D eigenvalue weighted by atomic mass is 32.2. The Morgan fingerprint density at radius 2 is 2.44 bits per heavy atom. The number of aryl methyl sites for hydroxylation is 1. The molecule has 1 saturated heterocycles. The Kier molecular flexibility index (Phi) is 3.30. The Hall–Kier alpha value is -0.880. The molecule has 2 rings (SSSR count). The van der Waals surface area contributed by atoms with Crippen LogP contribution in [0.2, 0.25) is 0 Å². The van der Waals surface area contributed by atoms with Gasteiger partial charge in [-0.25, -0.2) is 8.42 Å². The van der Waals surface area contributed by atoms with E-state index in [9.17, 15) is 8.42 Å². The number of aromatic nitrogens is 2. The first-order valence-electron chi connectivity index (χ1n) is 5.47. The van der Waals surface area contributed by atoms with Gasteiger partial charge in [0.2, 0.25) is 0 Å². The van der Waals surface area contributed by atoms with Crippen LogP contribution >= 0.6 is 0 Å². The van der Waals surface area contributed by atoms with Gasteiger partial charge >= 0.3 is 0 Å². The molecule has 1 unspecified atom stereocenters. The van der Waals surface area contributed by atoms with Gasteiger partial charge < -0.3 is 5.32 Å². The number of nitrogens with one attached hydrogen (secondary N) is 1. The van der Waals surface area contributed by atoms with Gasteiger partial charge in [-0.3, -0.25) is 4.68 Å². The van der Waals surface area contributed by atoms with Crippen LogP contribution in [0.4, 0.5) is 0 Å². The molecule has 6 heteroatoms. The lowest BCUT2D eigenvalue weighted by atomic mass is 10.2. The molecule has 0 amide bonds. The van der Waals surface area contributed by atoms with E-state index in [1.807, 2.05) is 19.3 Å². The van der Waals surface area contributed by atoms with Crippen molar-refractivity contribution in [2.75, 3.05) is 11.5 Å². The van der Waals surface area contributed by atoms with Crippen LogP contribution in [0.3, 0.4) is 0 Å². The summed E-state index contributed by atoms with van der Waals surface area (Å²) in [6, 6.07) is 2.02. The van der Waals surface area contributed by atoms with Crippen molar-refractivity contribution < 1.29 is 8.42 Å². The molecular formula is C10H17N3O2S. The molecule has 5 nitrogen and oxygen atoms in total. The van der Waals surface area contributed by atoms with Gasteiger partial charge in [-0.15, -0.1) is 0 Å². The van der Waals surface area contributed by atoms with Gasteiger partial charge in [0, 0.05) is 25.8 Å². The highest BCUT2D eigenvalue weighted by Gasteiger charge is 2.24. The minimum Gasteiger partial charge on any atom is -0.307 e. The number of sulfone groups is 1. The zero-order chi connectivity index (χ0) is 11.6. The van der Waals surface area contributed by atoms with E-state index >= 15 is 0 Å². The summed E-state index contributed by atoms with van der Waals surface area (Å²) in [5.41, 5.74) is 0.950. The highest BCUT2D eigenvalue weighted by Crippen LogP contribution is 2.12. The van der Waals surface area contributed by atoms with Crippen molar-refractivity contribution in [1.82, 2.24) is 15.1 Å². The van der Waals surface area contributed by atoms with Gasteiger partial charge in [0.05, 0.1) is 17.2 Å². The van der Waals surface area contributed by atoms with E-state index < -0.39 is 9.84 Å². The van der Waals surface area contributed by atoms with Crippen LogP contribution in [0.1, 0.15) is 18.5 Å². The molecule has 1 fully saturated rings. The number of hydrogen-bond acceptors (Lipinski definition) is 4. The smallest absolute Gasteiger partial charge is 0.151 e. The van der Waals surface area contributed by atoms with Crippen LogP contribution < -0.4 is 5.32 Å². The Bertz CT molecular complexity index is 452. The normalized spacial score (nSPS) is 24.4. The molecule has 16 heavy (non-hydrogen) atoms. The molecule has 0 radical (unpaired) electrons. The fourth-order valence-corrected chi connectivity index (χ4v) is 3.66. The molecule has 0 bridgehead atoms. The maximum absolute atomic E-state index is 11.4. The van der Waals surface area contributed by atoms with Crippen molar-refractivity contribution in [3.63, 3.8) is 0 Å². The summed E-state index contributed by atoms with van der Waals surface area (Å²) in [5, 5.41) is 7.49. The molecule has 1 N–H and O–H groups in total. The lowest BCUT2D eigenvalue weighted by molar-refractivity contribution is 0.476. The number of hydrogen-bond donors (Lipinski definition) is 1. The van der Waals surface area contributed by atoms with Crippen LogP contribution in [0.5, 0.6) is 0 Å². The molecule has 1 aliphatic rings. The summed E-state index contributed by atoms with van der Waals surface area (Å²) < 4.78 is 24.6. The second-order valence-corrected chi connectivity index (χ2v) is 6.54. The molecule has 1 aromatic rings. The first-order valence-corrected chi connectivity index (χ1v) is 7.30. The third kappa shape index (κ3) is 3.05. The Labute approximate surface area is 95.8 Å². The van der Waals surface area contributed by atoms with E-state index in [4.69, 9.17) is 0 Å². The van der Waals surface area contributed by atoms with Crippen molar-refractivity contribution in [2.24, 2.45) is 7.05 Å².